The van der Waals surface area contributed by atoms with E-state index in [4.69, 9.17) is 0 Å². The number of hydrogen-bond donors (Lipinski definition) is 2. The summed E-state index contributed by atoms with van der Waals surface area (Å²) in [5.41, 5.74) is 0.702. The molecule has 0 spiro atoms. The molecule has 0 unspecified atom stereocenters. The van der Waals surface area contributed by atoms with Gasteiger partial charge in [-0.3, -0.25) is 0 Å². The molecule has 2 N–H and O–H groups in total. The Labute approximate surface area is 128 Å². The van der Waals surface area contributed by atoms with Gasteiger partial charge in [-0.25, -0.2) is 13.1 Å². The van der Waals surface area contributed by atoms with Crippen LogP contribution in [-0.4, -0.2) is 20.0 Å². The fourth-order valence-electron chi connectivity index (χ4n) is 2.43. The zero-order valence-electron chi connectivity index (χ0n) is 13.1. The molecule has 0 bridgehead atoms. The van der Waals surface area contributed by atoms with Crippen molar-refractivity contribution in [2.24, 2.45) is 0 Å². The van der Waals surface area contributed by atoms with Gasteiger partial charge in [0.15, 0.2) is 0 Å². The molecule has 1 aromatic rings. The van der Waals surface area contributed by atoms with Crippen molar-refractivity contribution in [1.82, 2.24) is 10.0 Å². The fourth-order valence-corrected chi connectivity index (χ4v) is 3.88. The minimum atomic E-state index is -3.45. The van der Waals surface area contributed by atoms with Crippen LogP contribution in [0.15, 0.2) is 29.2 Å². The van der Waals surface area contributed by atoms with E-state index < -0.39 is 15.6 Å². The summed E-state index contributed by atoms with van der Waals surface area (Å²) in [5, 5.41) is 3.42. The maximum atomic E-state index is 12.4. The molecule has 0 heterocycles. The maximum absolute atomic E-state index is 12.4. The highest BCUT2D eigenvalue weighted by molar-refractivity contribution is 7.89. The molecule has 4 nitrogen and oxygen atoms in total. The third-order valence-electron chi connectivity index (χ3n) is 3.69. The topological polar surface area (TPSA) is 58.2 Å². The Balaban J connectivity index is 2.01. The zero-order valence-corrected chi connectivity index (χ0v) is 14.0. The molecule has 0 aliphatic heterocycles. The Morgan fingerprint density at radius 1 is 1.19 bits per heavy atom. The van der Waals surface area contributed by atoms with Gasteiger partial charge in [0, 0.05) is 18.1 Å². The van der Waals surface area contributed by atoms with E-state index in [-0.39, 0.29) is 0 Å². The Bertz CT molecular complexity index is 560. The van der Waals surface area contributed by atoms with E-state index in [1.807, 2.05) is 26.0 Å². The largest absolute Gasteiger partial charge is 0.310 e. The predicted octanol–water partition coefficient (Wildman–Crippen LogP) is 2.80. The van der Waals surface area contributed by atoms with Crippen LogP contribution in [0.1, 0.15) is 52.0 Å². The van der Waals surface area contributed by atoms with E-state index >= 15 is 0 Å². The summed E-state index contributed by atoms with van der Waals surface area (Å²) < 4.78 is 27.6. The normalized spacial score (nSPS) is 16.1. The lowest BCUT2D eigenvalue weighted by molar-refractivity contribution is 0.418. The van der Waals surface area contributed by atoms with Gasteiger partial charge < -0.3 is 5.32 Å². The fraction of sp³-hybridized carbons (Fsp3) is 0.625. The van der Waals surface area contributed by atoms with E-state index in [9.17, 15) is 8.42 Å². The molecule has 118 valence electrons. The molecule has 0 amide bonds. The lowest BCUT2D eigenvalue weighted by Crippen LogP contribution is -2.43. The van der Waals surface area contributed by atoms with Gasteiger partial charge in [0.25, 0.3) is 0 Å². The number of nitrogens with one attached hydrogen (secondary N) is 2. The summed E-state index contributed by atoms with van der Waals surface area (Å²) >= 11 is 0. The number of benzene rings is 1. The molecule has 0 atom stereocenters. The van der Waals surface area contributed by atoms with Crippen LogP contribution in [0.4, 0.5) is 0 Å². The van der Waals surface area contributed by atoms with E-state index in [0.717, 1.165) is 24.9 Å². The quantitative estimate of drug-likeness (QED) is 0.776. The van der Waals surface area contributed by atoms with Gasteiger partial charge in [0.05, 0.1) is 4.90 Å². The third-order valence-corrected chi connectivity index (χ3v) is 5.41. The van der Waals surface area contributed by atoms with Gasteiger partial charge in [0.2, 0.25) is 10.0 Å². The lowest BCUT2D eigenvalue weighted by Gasteiger charge is -2.25. The van der Waals surface area contributed by atoms with Gasteiger partial charge in [-0.05, 0) is 50.8 Å². The molecule has 1 aliphatic rings. The second kappa shape index (κ2) is 6.46. The summed E-state index contributed by atoms with van der Waals surface area (Å²) in [7, 11) is -3.45. The molecule has 1 saturated carbocycles. The monoisotopic (exact) mass is 310 g/mol. The van der Waals surface area contributed by atoms with Gasteiger partial charge >= 0.3 is 0 Å². The third kappa shape index (κ3) is 5.09. The van der Waals surface area contributed by atoms with Gasteiger partial charge in [-0.1, -0.05) is 25.5 Å². The van der Waals surface area contributed by atoms with Gasteiger partial charge in [-0.15, -0.1) is 0 Å². The Kier molecular flexibility index (Phi) is 5.07. The number of hydrogen-bond acceptors (Lipinski definition) is 3. The van der Waals surface area contributed by atoms with Crippen LogP contribution in [0, 0.1) is 0 Å². The lowest BCUT2D eigenvalue weighted by atomic mass is 10.0. The van der Waals surface area contributed by atoms with Crippen LogP contribution < -0.4 is 10.0 Å². The van der Waals surface area contributed by atoms with E-state index in [1.54, 1.807) is 12.1 Å². The molecule has 5 heteroatoms. The van der Waals surface area contributed by atoms with Crippen molar-refractivity contribution >= 4 is 10.0 Å². The first-order valence-electron chi connectivity index (χ1n) is 7.69. The van der Waals surface area contributed by atoms with Gasteiger partial charge in [-0.2, -0.15) is 0 Å². The molecule has 0 saturated heterocycles. The number of rotatable bonds is 8. The molecule has 1 aromatic carbocycles. The van der Waals surface area contributed by atoms with Crippen molar-refractivity contribution < 1.29 is 8.42 Å². The maximum Gasteiger partial charge on any atom is 0.241 e. The second-order valence-electron chi connectivity index (χ2n) is 6.54. The van der Waals surface area contributed by atoms with Crippen molar-refractivity contribution in [1.29, 1.82) is 0 Å². The first-order chi connectivity index (χ1) is 9.82. The second-order valence-corrected chi connectivity index (χ2v) is 8.22. The van der Waals surface area contributed by atoms with E-state index in [0.29, 0.717) is 10.9 Å². The Morgan fingerprint density at radius 2 is 1.81 bits per heavy atom. The first-order valence-corrected chi connectivity index (χ1v) is 9.17. The van der Waals surface area contributed by atoms with Crippen LogP contribution in [-0.2, 0) is 16.6 Å². The SMILES string of the molecule is CCCC(C)(C)NS(=O)(=O)c1ccc(CNC2CC2)cc1. The summed E-state index contributed by atoms with van der Waals surface area (Å²) in [6.45, 7) is 6.70. The standard InChI is InChI=1S/C16H26N2O2S/c1-4-11-16(2,3)18-21(19,20)15-9-5-13(6-10-15)12-17-14-7-8-14/h5-6,9-10,14,17-18H,4,7-8,11-12H2,1-3H3. The summed E-state index contributed by atoms with van der Waals surface area (Å²) in [5.74, 6) is 0. The molecule has 0 radical (unpaired) electrons. The average Bonchev–Trinajstić information content (AvgIpc) is 3.19. The van der Waals surface area contributed by atoms with Crippen LogP contribution in [0.2, 0.25) is 0 Å². The van der Waals surface area contributed by atoms with E-state index in [1.165, 1.54) is 12.8 Å². The minimum Gasteiger partial charge on any atom is -0.310 e. The summed E-state index contributed by atoms with van der Waals surface area (Å²) in [4.78, 5) is 0.335. The van der Waals surface area contributed by atoms with Crippen molar-refractivity contribution in [3.05, 3.63) is 29.8 Å². The summed E-state index contributed by atoms with van der Waals surface area (Å²) in [6, 6.07) is 7.81. The van der Waals surface area contributed by atoms with Crippen LogP contribution >= 0.6 is 0 Å². The molecule has 2 rings (SSSR count). The van der Waals surface area contributed by atoms with Crippen molar-refractivity contribution in [2.75, 3.05) is 0 Å². The van der Waals surface area contributed by atoms with E-state index in [2.05, 4.69) is 17.0 Å². The predicted molar refractivity (Wildman–Crippen MR) is 85.6 cm³/mol. The molecular weight excluding hydrogens is 284 g/mol. The van der Waals surface area contributed by atoms with Crippen molar-refractivity contribution in [3.63, 3.8) is 0 Å². The summed E-state index contributed by atoms with van der Waals surface area (Å²) in [6.07, 6.45) is 4.27. The Morgan fingerprint density at radius 3 is 2.33 bits per heavy atom. The van der Waals surface area contributed by atoms with Crippen LogP contribution in [0.25, 0.3) is 0 Å². The first kappa shape index (κ1) is 16.5. The van der Waals surface area contributed by atoms with Crippen LogP contribution in [0.3, 0.4) is 0 Å². The van der Waals surface area contributed by atoms with Gasteiger partial charge in [0.1, 0.15) is 0 Å². The highest BCUT2D eigenvalue weighted by atomic mass is 32.2. The molecule has 1 fully saturated rings. The average molecular weight is 310 g/mol. The molecule has 1 aliphatic carbocycles. The molecule has 21 heavy (non-hydrogen) atoms. The minimum absolute atomic E-state index is 0.335. The van der Waals surface area contributed by atoms with Crippen molar-refractivity contribution in [3.8, 4) is 0 Å². The highest BCUT2D eigenvalue weighted by Crippen LogP contribution is 2.20. The number of sulfonamides is 1. The molecular formula is C16H26N2O2S. The molecule has 0 aromatic heterocycles. The smallest absolute Gasteiger partial charge is 0.241 e. The highest BCUT2D eigenvalue weighted by Gasteiger charge is 2.25. The zero-order chi connectivity index (χ0) is 15.5. The van der Waals surface area contributed by atoms with Crippen molar-refractivity contribution in [2.45, 2.75) is 69.5 Å². The Hall–Kier alpha value is -0.910. The van der Waals surface area contributed by atoms with Crippen LogP contribution in [0.5, 0.6) is 0 Å².